The number of piperidine rings is 1. The Morgan fingerprint density at radius 2 is 2.00 bits per heavy atom. The molecule has 0 bridgehead atoms. The molecule has 2 aromatic rings. The Hall–Kier alpha value is -2.14. The van der Waals surface area contributed by atoms with E-state index in [1.54, 1.807) is 23.4 Å². The fourth-order valence-corrected chi connectivity index (χ4v) is 2.85. The predicted octanol–water partition coefficient (Wildman–Crippen LogP) is 1.85. The van der Waals surface area contributed by atoms with Gasteiger partial charge in [-0.05, 0) is 18.4 Å². The van der Waals surface area contributed by atoms with E-state index in [0.29, 0.717) is 24.6 Å². The quantitative estimate of drug-likeness (QED) is 0.904. The van der Waals surface area contributed by atoms with Gasteiger partial charge in [-0.15, -0.1) is 0 Å². The molecule has 5 heteroatoms. The Morgan fingerprint density at radius 1 is 1.29 bits per heavy atom. The number of H-pyrrole nitrogens is 1. The number of aromatic nitrogens is 2. The summed E-state index contributed by atoms with van der Waals surface area (Å²) < 4.78 is 0. The molecule has 0 aliphatic carbocycles. The van der Waals surface area contributed by atoms with Gasteiger partial charge in [-0.25, -0.2) is 4.98 Å². The number of carbonyl (C=O) groups excluding carboxylic acids is 1. The normalized spacial score (nSPS) is 17.7. The number of aliphatic hydroxyl groups is 1. The van der Waals surface area contributed by atoms with Crippen molar-refractivity contribution in [1.29, 1.82) is 0 Å². The molecule has 1 atom stereocenters. The molecule has 110 valence electrons. The van der Waals surface area contributed by atoms with Crippen LogP contribution in [0.2, 0.25) is 0 Å². The smallest absolute Gasteiger partial charge is 0.256 e. The van der Waals surface area contributed by atoms with Crippen LogP contribution in [0.3, 0.4) is 0 Å². The Balaban J connectivity index is 1.60. The fraction of sp³-hybridized carbons (Fsp3) is 0.375. The van der Waals surface area contributed by atoms with Crippen molar-refractivity contribution in [2.45, 2.75) is 24.9 Å². The van der Waals surface area contributed by atoms with E-state index in [2.05, 4.69) is 9.97 Å². The molecule has 1 unspecified atom stereocenters. The van der Waals surface area contributed by atoms with Crippen molar-refractivity contribution in [1.82, 2.24) is 14.9 Å². The van der Waals surface area contributed by atoms with E-state index in [1.165, 1.54) is 0 Å². The van der Waals surface area contributed by atoms with Gasteiger partial charge in [-0.3, -0.25) is 4.79 Å². The first-order valence-electron chi connectivity index (χ1n) is 7.26. The van der Waals surface area contributed by atoms with Gasteiger partial charge in [-0.1, -0.05) is 30.3 Å². The average molecular weight is 285 g/mol. The molecular weight excluding hydrogens is 266 g/mol. The molecule has 1 fully saturated rings. The number of aliphatic hydroxyl groups excluding tert-OH is 1. The zero-order chi connectivity index (χ0) is 14.7. The highest BCUT2D eigenvalue weighted by Crippen LogP contribution is 2.27. The van der Waals surface area contributed by atoms with Gasteiger partial charge in [0.25, 0.3) is 5.91 Å². The standard InChI is InChI=1S/C16H19N3O2/c20-15(13-4-2-1-3-5-13)16(21)19-8-6-12(7-9-19)14-10-17-11-18-14/h1-5,10-12,15,20H,6-9H2,(H,17,18). The lowest BCUT2D eigenvalue weighted by molar-refractivity contribution is -0.141. The molecule has 1 aromatic carbocycles. The van der Waals surface area contributed by atoms with Crippen molar-refractivity contribution in [2.75, 3.05) is 13.1 Å². The Morgan fingerprint density at radius 3 is 2.62 bits per heavy atom. The van der Waals surface area contributed by atoms with Crippen LogP contribution >= 0.6 is 0 Å². The van der Waals surface area contributed by atoms with Crippen molar-refractivity contribution < 1.29 is 9.90 Å². The van der Waals surface area contributed by atoms with E-state index in [4.69, 9.17) is 0 Å². The van der Waals surface area contributed by atoms with Gasteiger partial charge in [-0.2, -0.15) is 0 Å². The second-order valence-electron chi connectivity index (χ2n) is 5.42. The molecule has 2 heterocycles. The van der Waals surface area contributed by atoms with E-state index in [9.17, 15) is 9.90 Å². The lowest BCUT2D eigenvalue weighted by Gasteiger charge is -2.32. The summed E-state index contributed by atoms with van der Waals surface area (Å²) in [5, 5.41) is 10.2. The summed E-state index contributed by atoms with van der Waals surface area (Å²) in [5.41, 5.74) is 1.78. The molecule has 1 aliphatic heterocycles. The van der Waals surface area contributed by atoms with Crippen molar-refractivity contribution in [2.24, 2.45) is 0 Å². The van der Waals surface area contributed by atoms with Gasteiger partial charge in [0.15, 0.2) is 6.10 Å². The van der Waals surface area contributed by atoms with E-state index in [1.807, 2.05) is 24.4 Å². The predicted molar refractivity (Wildman–Crippen MR) is 78.5 cm³/mol. The zero-order valence-corrected chi connectivity index (χ0v) is 11.8. The first kappa shape index (κ1) is 13.8. The number of imidazole rings is 1. The van der Waals surface area contributed by atoms with Crippen LogP contribution in [0.25, 0.3) is 0 Å². The molecule has 2 N–H and O–H groups in total. The monoisotopic (exact) mass is 285 g/mol. The maximum absolute atomic E-state index is 12.3. The van der Waals surface area contributed by atoms with Crippen molar-refractivity contribution >= 4 is 5.91 Å². The minimum Gasteiger partial charge on any atom is -0.378 e. The summed E-state index contributed by atoms with van der Waals surface area (Å²) in [4.78, 5) is 21.3. The Labute approximate surface area is 123 Å². The maximum atomic E-state index is 12.3. The summed E-state index contributed by atoms with van der Waals surface area (Å²) in [6, 6.07) is 9.09. The molecule has 3 rings (SSSR count). The molecule has 5 nitrogen and oxygen atoms in total. The first-order valence-corrected chi connectivity index (χ1v) is 7.26. The minimum atomic E-state index is -1.06. The second kappa shape index (κ2) is 6.10. The third kappa shape index (κ3) is 2.97. The summed E-state index contributed by atoms with van der Waals surface area (Å²) in [5.74, 6) is 0.217. The Bertz CT molecular complexity index is 575. The summed E-state index contributed by atoms with van der Waals surface area (Å²) >= 11 is 0. The number of hydrogen-bond acceptors (Lipinski definition) is 3. The molecular formula is C16H19N3O2. The second-order valence-corrected chi connectivity index (χ2v) is 5.42. The average Bonchev–Trinajstić information content (AvgIpc) is 3.09. The van der Waals surface area contributed by atoms with Gasteiger partial charge in [0.2, 0.25) is 0 Å². The number of rotatable bonds is 3. The number of likely N-dealkylation sites (tertiary alicyclic amines) is 1. The number of nitrogens with one attached hydrogen (secondary N) is 1. The highest BCUT2D eigenvalue weighted by molar-refractivity contribution is 5.82. The number of benzene rings is 1. The van der Waals surface area contributed by atoms with Crippen LogP contribution in [0.5, 0.6) is 0 Å². The topological polar surface area (TPSA) is 69.2 Å². The molecule has 21 heavy (non-hydrogen) atoms. The summed E-state index contributed by atoms with van der Waals surface area (Å²) in [6.45, 7) is 1.35. The van der Waals surface area contributed by atoms with Gasteiger partial charge in [0, 0.05) is 30.9 Å². The van der Waals surface area contributed by atoms with E-state index < -0.39 is 6.10 Å². The molecule has 1 aliphatic rings. The Kier molecular flexibility index (Phi) is 4.01. The van der Waals surface area contributed by atoms with Crippen LogP contribution < -0.4 is 0 Å². The molecule has 1 amide bonds. The SMILES string of the molecule is O=C(C(O)c1ccccc1)N1CCC(c2cnc[nH]2)CC1. The number of hydrogen-bond donors (Lipinski definition) is 2. The number of aromatic amines is 1. The third-order valence-corrected chi connectivity index (χ3v) is 4.12. The lowest BCUT2D eigenvalue weighted by Crippen LogP contribution is -2.40. The van der Waals surface area contributed by atoms with Crippen LogP contribution in [0.4, 0.5) is 0 Å². The number of nitrogens with zero attached hydrogens (tertiary/aromatic N) is 2. The fourth-order valence-electron chi connectivity index (χ4n) is 2.85. The zero-order valence-electron chi connectivity index (χ0n) is 11.8. The molecule has 0 saturated carbocycles. The highest BCUT2D eigenvalue weighted by Gasteiger charge is 2.28. The van der Waals surface area contributed by atoms with E-state index in [-0.39, 0.29) is 5.91 Å². The first-order chi connectivity index (χ1) is 10.3. The van der Waals surface area contributed by atoms with Gasteiger partial charge >= 0.3 is 0 Å². The molecule has 1 aromatic heterocycles. The van der Waals surface area contributed by atoms with Crippen LogP contribution in [-0.2, 0) is 4.79 Å². The van der Waals surface area contributed by atoms with Crippen molar-refractivity contribution in [3.05, 3.63) is 54.1 Å². The highest BCUT2D eigenvalue weighted by atomic mass is 16.3. The van der Waals surface area contributed by atoms with Crippen LogP contribution in [-0.4, -0.2) is 39.0 Å². The van der Waals surface area contributed by atoms with Crippen molar-refractivity contribution in [3.63, 3.8) is 0 Å². The van der Waals surface area contributed by atoms with Crippen LogP contribution in [0, 0.1) is 0 Å². The maximum Gasteiger partial charge on any atom is 0.256 e. The summed E-state index contributed by atoms with van der Waals surface area (Å²) in [6.07, 6.45) is 4.27. The van der Waals surface area contributed by atoms with E-state index in [0.717, 1.165) is 18.5 Å². The van der Waals surface area contributed by atoms with Crippen LogP contribution in [0.1, 0.15) is 36.1 Å². The molecule has 0 radical (unpaired) electrons. The molecule has 1 saturated heterocycles. The van der Waals surface area contributed by atoms with Gasteiger partial charge < -0.3 is 15.0 Å². The minimum absolute atomic E-state index is 0.204. The number of carbonyl (C=O) groups is 1. The van der Waals surface area contributed by atoms with Gasteiger partial charge in [0.05, 0.1) is 6.33 Å². The summed E-state index contributed by atoms with van der Waals surface area (Å²) in [7, 11) is 0. The van der Waals surface area contributed by atoms with Gasteiger partial charge in [0.1, 0.15) is 0 Å². The molecule has 0 spiro atoms. The third-order valence-electron chi connectivity index (χ3n) is 4.12. The lowest BCUT2D eigenvalue weighted by atomic mass is 9.93. The van der Waals surface area contributed by atoms with E-state index >= 15 is 0 Å². The largest absolute Gasteiger partial charge is 0.378 e. The van der Waals surface area contributed by atoms with Crippen molar-refractivity contribution in [3.8, 4) is 0 Å². The number of amides is 1. The van der Waals surface area contributed by atoms with Crippen LogP contribution in [0.15, 0.2) is 42.9 Å².